The van der Waals surface area contributed by atoms with Crippen molar-refractivity contribution in [1.29, 1.82) is 0 Å². The van der Waals surface area contributed by atoms with Gasteiger partial charge in [0.05, 0.1) is 0 Å². The Morgan fingerprint density at radius 1 is 1.33 bits per heavy atom. The lowest BCUT2D eigenvalue weighted by Crippen LogP contribution is -2.24. The summed E-state index contributed by atoms with van der Waals surface area (Å²) in [4.78, 5) is 10.1. The highest BCUT2D eigenvalue weighted by Gasteiger charge is 2.08. The summed E-state index contributed by atoms with van der Waals surface area (Å²) in [7, 11) is -1.89. The Morgan fingerprint density at radius 2 is 1.78 bits per heavy atom. The second-order valence-electron chi connectivity index (χ2n) is 1.42. The van der Waals surface area contributed by atoms with Gasteiger partial charge in [0.1, 0.15) is 0 Å². The Balaban J connectivity index is 3.29. The zero-order chi connectivity index (χ0) is 7.11. The van der Waals surface area contributed by atoms with Gasteiger partial charge in [0.25, 0.3) is 0 Å². The van der Waals surface area contributed by atoms with Crippen molar-refractivity contribution in [2.24, 2.45) is 0 Å². The summed E-state index contributed by atoms with van der Waals surface area (Å²) in [6.07, 6.45) is 0. The summed E-state index contributed by atoms with van der Waals surface area (Å²) in [6.45, 7) is 4.83. The average Bonchev–Trinajstić information content (AvgIpc) is 1.88. The maximum atomic E-state index is 10.1. The molecule has 0 bridgehead atoms. The highest BCUT2D eigenvalue weighted by atomic mass is 28.3. The van der Waals surface area contributed by atoms with E-state index >= 15 is 0 Å². The van der Waals surface area contributed by atoms with Crippen molar-refractivity contribution in [2.45, 2.75) is 13.8 Å². The molecule has 0 amide bonds. The van der Waals surface area contributed by atoms with Crippen LogP contribution in [0.15, 0.2) is 0 Å². The van der Waals surface area contributed by atoms with E-state index in [1.807, 2.05) is 13.8 Å². The molecule has 0 aliphatic rings. The number of carbonyl (C=O) groups is 1. The molecule has 0 rings (SSSR count). The number of rotatable bonds is 5. The van der Waals surface area contributed by atoms with E-state index in [1.165, 1.54) is 0 Å². The maximum absolute atomic E-state index is 10.1. The third-order valence-corrected chi connectivity index (χ3v) is 2.32. The van der Waals surface area contributed by atoms with Crippen LogP contribution in [0.25, 0.3) is 0 Å². The van der Waals surface area contributed by atoms with Crippen molar-refractivity contribution < 1.29 is 13.6 Å². The molecule has 0 atom stereocenters. The van der Waals surface area contributed by atoms with Crippen LogP contribution in [0, 0.1) is 0 Å². The van der Waals surface area contributed by atoms with Crippen LogP contribution in [-0.2, 0) is 13.6 Å². The van der Waals surface area contributed by atoms with Gasteiger partial charge >= 0.3 is 9.28 Å². The van der Waals surface area contributed by atoms with Crippen LogP contribution >= 0.6 is 0 Å². The quantitative estimate of drug-likeness (QED) is 0.408. The molecule has 0 aliphatic carbocycles. The molecule has 0 aromatic rings. The van der Waals surface area contributed by atoms with E-state index in [-0.39, 0.29) is 0 Å². The van der Waals surface area contributed by atoms with E-state index in [2.05, 4.69) is 0 Å². The Hall–Kier alpha value is -0.193. The Kier molecular flexibility index (Phi) is 5.81. The Bertz CT molecular complexity index is 70.6. The summed E-state index contributed by atoms with van der Waals surface area (Å²) in [6, 6.07) is 0. The summed E-state index contributed by atoms with van der Waals surface area (Å²) in [5.74, 6) is 0.785. The van der Waals surface area contributed by atoms with Gasteiger partial charge in [-0.25, -0.2) is 0 Å². The van der Waals surface area contributed by atoms with Gasteiger partial charge in [-0.3, -0.25) is 0 Å². The van der Waals surface area contributed by atoms with Gasteiger partial charge in [0.15, 0.2) is 5.91 Å². The maximum Gasteiger partial charge on any atom is 0.390 e. The molecule has 0 spiro atoms. The Labute approximate surface area is 56.8 Å². The predicted octanol–water partition coefficient (Wildman–Crippen LogP) is 0.0518. The predicted molar refractivity (Wildman–Crippen MR) is 37.2 cm³/mol. The van der Waals surface area contributed by atoms with Crippen molar-refractivity contribution in [1.82, 2.24) is 0 Å². The van der Waals surface area contributed by atoms with Crippen molar-refractivity contribution in [3.05, 3.63) is 0 Å². The first kappa shape index (κ1) is 8.81. The van der Waals surface area contributed by atoms with E-state index < -0.39 is 9.28 Å². The van der Waals surface area contributed by atoms with Gasteiger partial charge in [-0.2, -0.15) is 0 Å². The third kappa shape index (κ3) is 4.32. The lowest BCUT2D eigenvalue weighted by molar-refractivity contribution is 0.227. The zero-order valence-corrected chi connectivity index (χ0v) is 6.95. The standard InChI is InChI=1S/C5H12O3Si/c1-3-7-9(5-6)8-4-2/h5,9H,3-4H2,1-2H3. The molecule has 9 heavy (non-hydrogen) atoms. The molecule has 4 heteroatoms. The summed E-state index contributed by atoms with van der Waals surface area (Å²) in [5.41, 5.74) is 0. The molecule has 0 heterocycles. The van der Waals surface area contributed by atoms with Crippen LogP contribution in [0.3, 0.4) is 0 Å². The normalized spacial score (nSPS) is 10.1. The molecule has 0 aliphatic heterocycles. The summed E-state index contributed by atoms with van der Waals surface area (Å²) < 4.78 is 9.96. The van der Waals surface area contributed by atoms with E-state index in [0.29, 0.717) is 13.2 Å². The minimum Gasteiger partial charge on any atom is -0.392 e. The molecule has 3 nitrogen and oxygen atoms in total. The van der Waals surface area contributed by atoms with Gasteiger partial charge in [0, 0.05) is 13.2 Å². The molecule has 0 unspecified atom stereocenters. The second kappa shape index (κ2) is 5.93. The molecule has 0 saturated carbocycles. The molecule has 0 aromatic heterocycles. The summed E-state index contributed by atoms with van der Waals surface area (Å²) in [5, 5.41) is 0. The fourth-order valence-electron chi connectivity index (χ4n) is 0.455. The fraction of sp³-hybridized carbons (Fsp3) is 0.800. The van der Waals surface area contributed by atoms with Crippen molar-refractivity contribution in [3.63, 3.8) is 0 Å². The zero-order valence-electron chi connectivity index (χ0n) is 5.79. The lowest BCUT2D eigenvalue weighted by atomic mass is 10.9. The molecule has 0 N–H and O–H groups in total. The average molecular weight is 148 g/mol. The van der Waals surface area contributed by atoms with Gasteiger partial charge in [-0.1, -0.05) is 0 Å². The van der Waals surface area contributed by atoms with Crippen LogP contribution in [0.1, 0.15) is 13.8 Å². The van der Waals surface area contributed by atoms with Crippen molar-refractivity contribution >= 4 is 15.2 Å². The molecular formula is C5H12O3Si. The first-order valence-corrected chi connectivity index (χ1v) is 4.64. The largest absolute Gasteiger partial charge is 0.392 e. The first-order chi connectivity index (χ1) is 4.35. The van der Waals surface area contributed by atoms with Gasteiger partial charge in [0.2, 0.25) is 0 Å². The molecule has 0 fully saturated rings. The monoisotopic (exact) mass is 148 g/mol. The lowest BCUT2D eigenvalue weighted by Gasteiger charge is -2.06. The third-order valence-electron chi connectivity index (χ3n) is 0.773. The van der Waals surface area contributed by atoms with Crippen molar-refractivity contribution in [3.8, 4) is 0 Å². The van der Waals surface area contributed by atoms with Gasteiger partial charge in [-0.15, -0.1) is 0 Å². The highest BCUT2D eigenvalue weighted by molar-refractivity contribution is 6.73. The Morgan fingerprint density at radius 3 is 2.00 bits per heavy atom. The molecular weight excluding hydrogens is 136 g/mol. The van der Waals surface area contributed by atoms with E-state index in [9.17, 15) is 4.79 Å². The van der Waals surface area contributed by atoms with Gasteiger partial charge in [-0.05, 0) is 13.8 Å². The molecule has 0 radical (unpaired) electrons. The van der Waals surface area contributed by atoms with Gasteiger partial charge < -0.3 is 13.6 Å². The van der Waals surface area contributed by atoms with E-state index in [1.54, 1.807) is 0 Å². The minimum atomic E-state index is -1.89. The topological polar surface area (TPSA) is 35.5 Å². The second-order valence-corrected chi connectivity index (χ2v) is 3.09. The highest BCUT2D eigenvalue weighted by Crippen LogP contribution is 1.83. The molecule has 0 aromatic carbocycles. The van der Waals surface area contributed by atoms with E-state index in [4.69, 9.17) is 8.85 Å². The summed E-state index contributed by atoms with van der Waals surface area (Å²) >= 11 is 0. The molecule has 0 saturated heterocycles. The van der Waals surface area contributed by atoms with Crippen LogP contribution in [0.5, 0.6) is 0 Å². The fourth-order valence-corrected chi connectivity index (χ4v) is 1.37. The van der Waals surface area contributed by atoms with Crippen LogP contribution in [0.4, 0.5) is 0 Å². The number of hydrogen-bond donors (Lipinski definition) is 0. The number of carbonyl (C=O) groups excluding carboxylic acids is 1. The SMILES string of the molecule is CCO[SiH](C=O)OCC. The minimum absolute atomic E-state index is 0.565. The van der Waals surface area contributed by atoms with Crippen molar-refractivity contribution in [2.75, 3.05) is 13.2 Å². The van der Waals surface area contributed by atoms with Crippen LogP contribution < -0.4 is 0 Å². The van der Waals surface area contributed by atoms with E-state index in [0.717, 1.165) is 5.91 Å². The molecule has 54 valence electrons. The number of hydrogen-bond acceptors (Lipinski definition) is 3. The smallest absolute Gasteiger partial charge is 0.390 e. The first-order valence-electron chi connectivity index (χ1n) is 3.03. The van der Waals surface area contributed by atoms with Crippen LogP contribution in [0.2, 0.25) is 0 Å². The van der Waals surface area contributed by atoms with Crippen LogP contribution in [-0.4, -0.2) is 28.4 Å².